The minimum absolute atomic E-state index is 0.0755. The molecule has 0 atom stereocenters. The summed E-state index contributed by atoms with van der Waals surface area (Å²) >= 11 is 0. The van der Waals surface area contributed by atoms with Crippen molar-refractivity contribution in [3.8, 4) is 0 Å². The quantitative estimate of drug-likeness (QED) is 0.691. The summed E-state index contributed by atoms with van der Waals surface area (Å²) in [7, 11) is -2.38. The van der Waals surface area contributed by atoms with Crippen LogP contribution in [0.5, 0.6) is 0 Å². The van der Waals surface area contributed by atoms with Crippen molar-refractivity contribution >= 4 is 21.6 Å². The maximum atomic E-state index is 11.7. The van der Waals surface area contributed by atoms with Crippen LogP contribution in [0.15, 0.2) is 17.0 Å². The normalized spacial score (nSPS) is 16.7. The molecule has 0 amide bonds. The van der Waals surface area contributed by atoms with Crippen LogP contribution in [0.3, 0.4) is 0 Å². The van der Waals surface area contributed by atoms with Crippen molar-refractivity contribution < 1.29 is 22.7 Å². The smallest absolute Gasteiger partial charge is 0.338 e. The molecule has 1 aromatic carbocycles. The van der Waals surface area contributed by atoms with Crippen LogP contribution in [-0.2, 0) is 14.6 Å². The standard InChI is InChI=1S/C11H10O5S/c1-6-3-8-9(12)5-17(14,15)10(8)4-7(6)11(13)16-2/h3-4H,5H2,1-2H3. The minimum Gasteiger partial charge on any atom is -0.465 e. The van der Waals surface area contributed by atoms with Gasteiger partial charge in [-0.1, -0.05) is 0 Å². The van der Waals surface area contributed by atoms with E-state index in [1.54, 1.807) is 6.92 Å². The fourth-order valence-electron chi connectivity index (χ4n) is 1.82. The van der Waals surface area contributed by atoms with Gasteiger partial charge in [0.1, 0.15) is 5.75 Å². The summed E-state index contributed by atoms with van der Waals surface area (Å²) in [5, 5.41) is 0. The predicted molar refractivity (Wildman–Crippen MR) is 58.9 cm³/mol. The van der Waals surface area contributed by atoms with E-state index in [4.69, 9.17) is 0 Å². The molecule has 0 spiro atoms. The first-order valence-electron chi connectivity index (χ1n) is 4.86. The number of carbonyl (C=O) groups is 2. The predicted octanol–water partition coefficient (Wildman–Crippen LogP) is 0.752. The van der Waals surface area contributed by atoms with Gasteiger partial charge in [0.15, 0.2) is 15.6 Å². The van der Waals surface area contributed by atoms with Gasteiger partial charge in [0.2, 0.25) is 0 Å². The summed E-state index contributed by atoms with van der Waals surface area (Å²) in [6, 6.07) is 2.64. The topological polar surface area (TPSA) is 77.5 Å². The highest BCUT2D eigenvalue weighted by atomic mass is 32.2. The second-order valence-electron chi connectivity index (χ2n) is 3.84. The average Bonchev–Trinajstić information content (AvgIpc) is 2.47. The Hall–Kier alpha value is -1.69. The van der Waals surface area contributed by atoms with Crippen LogP contribution < -0.4 is 0 Å². The van der Waals surface area contributed by atoms with Crippen molar-refractivity contribution in [1.29, 1.82) is 0 Å². The molecule has 1 heterocycles. The third-order valence-corrected chi connectivity index (χ3v) is 4.34. The fourth-order valence-corrected chi connectivity index (χ4v) is 3.28. The Morgan fingerprint density at radius 3 is 2.59 bits per heavy atom. The number of rotatable bonds is 1. The lowest BCUT2D eigenvalue weighted by molar-refractivity contribution is 0.0599. The van der Waals surface area contributed by atoms with Crippen LogP contribution in [0.25, 0.3) is 0 Å². The Kier molecular flexibility index (Phi) is 2.54. The summed E-state index contributed by atoms with van der Waals surface area (Å²) in [6.07, 6.45) is 0. The lowest BCUT2D eigenvalue weighted by Crippen LogP contribution is -2.06. The monoisotopic (exact) mass is 254 g/mol. The van der Waals surface area contributed by atoms with Gasteiger partial charge in [0.05, 0.1) is 17.6 Å². The van der Waals surface area contributed by atoms with Crippen molar-refractivity contribution in [1.82, 2.24) is 0 Å². The Morgan fingerprint density at radius 2 is 2.00 bits per heavy atom. The second-order valence-corrected chi connectivity index (χ2v) is 5.80. The van der Waals surface area contributed by atoms with Gasteiger partial charge in [-0.25, -0.2) is 13.2 Å². The Labute approximate surface area is 98.3 Å². The number of carbonyl (C=O) groups excluding carboxylic acids is 2. The molecule has 0 bridgehead atoms. The number of sulfone groups is 1. The molecule has 1 aromatic rings. The molecule has 0 saturated carbocycles. The van der Waals surface area contributed by atoms with Crippen molar-refractivity contribution in [2.75, 3.05) is 12.9 Å². The maximum absolute atomic E-state index is 11.7. The zero-order chi connectivity index (χ0) is 12.8. The summed E-state index contributed by atoms with van der Waals surface area (Å²) < 4.78 is 27.9. The Morgan fingerprint density at radius 1 is 1.35 bits per heavy atom. The largest absolute Gasteiger partial charge is 0.465 e. The van der Waals surface area contributed by atoms with Crippen LogP contribution >= 0.6 is 0 Å². The van der Waals surface area contributed by atoms with Crippen molar-refractivity contribution in [3.05, 3.63) is 28.8 Å². The van der Waals surface area contributed by atoms with E-state index in [-0.39, 0.29) is 16.0 Å². The summed E-state index contributed by atoms with van der Waals surface area (Å²) in [5.41, 5.74) is 0.862. The van der Waals surface area contributed by atoms with E-state index in [9.17, 15) is 18.0 Å². The fraction of sp³-hybridized carbons (Fsp3) is 0.273. The number of aryl methyl sites for hydroxylation is 1. The molecule has 0 fully saturated rings. The zero-order valence-corrected chi connectivity index (χ0v) is 10.1. The van der Waals surface area contributed by atoms with Crippen LogP contribution in [0.4, 0.5) is 0 Å². The first kappa shape index (κ1) is 11.8. The summed E-state index contributed by atoms with van der Waals surface area (Å²) in [6.45, 7) is 1.63. The summed E-state index contributed by atoms with van der Waals surface area (Å²) in [5.74, 6) is -1.56. The van der Waals surface area contributed by atoms with Crippen molar-refractivity contribution in [2.45, 2.75) is 11.8 Å². The van der Waals surface area contributed by atoms with Crippen LogP contribution in [0, 0.1) is 6.92 Å². The van der Waals surface area contributed by atoms with Crippen molar-refractivity contribution in [3.63, 3.8) is 0 Å². The molecule has 0 saturated heterocycles. The molecule has 17 heavy (non-hydrogen) atoms. The van der Waals surface area contributed by atoms with E-state index in [0.717, 1.165) is 0 Å². The van der Waals surface area contributed by atoms with E-state index >= 15 is 0 Å². The Bertz CT molecular complexity index is 628. The molecule has 1 aliphatic rings. The van der Waals surface area contributed by atoms with E-state index < -0.39 is 27.3 Å². The molecular weight excluding hydrogens is 244 g/mol. The molecular formula is C11H10O5S. The number of benzene rings is 1. The average molecular weight is 254 g/mol. The molecule has 1 aliphatic heterocycles. The van der Waals surface area contributed by atoms with E-state index in [0.29, 0.717) is 5.56 Å². The molecule has 0 N–H and O–H groups in total. The number of fused-ring (bicyclic) bond motifs is 1. The van der Waals surface area contributed by atoms with Gasteiger partial charge in [-0.15, -0.1) is 0 Å². The van der Waals surface area contributed by atoms with Crippen molar-refractivity contribution in [2.24, 2.45) is 0 Å². The van der Waals surface area contributed by atoms with Gasteiger partial charge >= 0.3 is 5.97 Å². The lowest BCUT2D eigenvalue weighted by atomic mass is 10.0. The second kappa shape index (κ2) is 3.66. The molecule has 0 unspecified atom stereocenters. The number of ether oxygens (including phenoxy) is 1. The number of Topliss-reactive ketones (excluding diaryl/α,β-unsaturated/α-hetero) is 1. The number of hydrogen-bond donors (Lipinski definition) is 0. The first-order chi connectivity index (χ1) is 7.86. The highest BCUT2D eigenvalue weighted by molar-refractivity contribution is 7.92. The van der Waals surface area contributed by atoms with Gasteiger partial charge in [-0.2, -0.15) is 0 Å². The first-order valence-corrected chi connectivity index (χ1v) is 6.51. The molecule has 0 radical (unpaired) electrons. The highest BCUT2D eigenvalue weighted by Gasteiger charge is 2.34. The maximum Gasteiger partial charge on any atom is 0.338 e. The van der Waals surface area contributed by atoms with Gasteiger partial charge < -0.3 is 4.74 Å². The summed E-state index contributed by atoms with van der Waals surface area (Å²) in [4.78, 5) is 22.8. The Balaban J connectivity index is 2.73. The lowest BCUT2D eigenvalue weighted by Gasteiger charge is -2.06. The molecule has 2 rings (SSSR count). The number of hydrogen-bond acceptors (Lipinski definition) is 5. The van der Waals surface area contributed by atoms with Crippen LogP contribution in [0.1, 0.15) is 26.3 Å². The molecule has 6 heteroatoms. The number of esters is 1. The van der Waals surface area contributed by atoms with Gasteiger partial charge in [-0.05, 0) is 24.6 Å². The number of ketones is 1. The highest BCUT2D eigenvalue weighted by Crippen LogP contribution is 2.29. The zero-order valence-electron chi connectivity index (χ0n) is 9.31. The number of methoxy groups -OCH3 is 1. The molecule has 0 aromatic heterocycles. The van der Waals surface area contributed by atoms with E-state index in [2.05, 4.69) is 4.74 Å². The third-order valence-electron chi connectivity index (χ3n) is 2.69. The van der Waals surface area contributed by atoms with E-state index in [1.807, 2.05) is 0 Å². The van der Waals surface area contributed by atoms with Gasteiger partial charge in [0.25, 0.3) is 0 Å². The van der Waals surface area contributed by atoms with Crippen LogP contribution in [-0.4, -0.2) is 33.0 Å². The third kappa shape index (κ3) is 1.74. The van der Waals surface area contributed by atoms with Gasteiger partial charge in [-0.3, -0.25) is 4.79 Å². The molecule has 0 aliphatic carbocycles. The molecule has 5 nitrogen and oxygen atoms in total. The van der Waals surface area contributed by atoms with Gasteiger partial charge in [0, 0.05) is 5.56 Å². The van der Waals surface area contributed by atoms with Crippen LogP contribution in [0.2, 0.25) is 0 Å². The van der Waals surface area contributed by atoms with E-state index in [1.165, 1.54) is 19.2 Å². The minimum atomic E-state index is -3.59. The SMILES string of the molecule is COC(=O)c1cc2c(cc1C)C(=O)CS2(=O)=O. The molecule has 90 valence electrons.